The molecule has 0 aliphatic carbocycles. The van der Waals surface area contributed by atoms with Gasteiger partial charge in [0.2, 0.25) is 0 Å². The Balaban J connectivity index is 2.72. The highest BCUT2D eigenvalue weighted by Gasteiger charge is 2.12. The third-order valence-electron chi connectivity index (χ3n) is 3.19. The summed E-state index contributed by atoms with van der Waals surface area (Å²) in [6, 6.07) is 8.81. The molecule has 0 amide bonds. The zero-order chi connectivity index (χ0) is 12.6. The fraction of sp³-hybridized carbons (Fsp3) is 0.200. The summed E-state index contributed by atoms with van der Waals surface area (Å²) in [5.74, 6) is 0.526. The highest BCUT2D eigenvalue weighted by atomic mass is 16.3. The van der Waals surface area contributed by atoms with Crippen molar-refractivity contribution in [2.45, 2.75) is 20.8 Å². The molecule has 0 aliphatic rings. The molecule has 0 aromatic heterocycles. The van der Waals surface area contributed by atoms with Crippen molar-refractivity contribution in [1.29, 1.82) is 0 Å². The smallest absolute Gasteiger partial charge is 0.123 e. The molecular weight excluding hydrogens is 212 g/mol. The molecule has 0 bridgehead atoms. The summed E-state index contributed by atoms with van der Waals surface area (Å²) in [7, 11) is 0. The molecule has 2 aromatic carbocycles. The molecule has 2 nitrogen and oxygen atoms in total. The van der Waals surface area contributed by atoms with Crippen molar-refractivity contribution in [3.8, 4) is 22.6 Å². The first kappa shape index (κ1) is 11.5. The fourth-order valence-electron chi connectivity index (χ4n) is 2.07. The molecule has 17 heavy (non-hydrogen) atoms. The Morgan fingerprint density at radius 3 is 2.18 bits per heavy atom. The van der Waals surface area contributed by atoms with Crippen molar-refractivity contribution in [3.63, 3.8) is 0 Å². The Kier molecular flexibility index (Phi) is 2.80. The number of phenols is 2. The third kappa shape index (κ3) is 1.98. The van der Waals surface area contributed by atoms with Gasteiger partial charge in [0.25, 0.3) is 0 Å². The van der Waals surface area contributed by atoms with Crippen molar-refractivity contribution < 1.29 is 10.2 Å². The van der Waals surface area contributed by atoms with Crippen LogP contribution in [0.4, 0.5) is 0 Å². The van der Waals surface area contributed by atoms with E-state index in [0.29, 0.717) is 0 Å². The Hall–Kier alpha value is -1.96. The van der Waals surface area contributed by atoms with E-state index >= 15 is 0 Å². The normalized spacial score (nSPS) is 10.5. The largest absolute Gasteiger partial charge is 0.508 e. The van der Waals surface area contributed by atoms with Crippen LogP contribution in [0.15, 0.2) is 30.3 Å². The number of aromatic hydroxyl groups is 2. The highest BCUT2D eigenvalue weighted by Crippen LogP contribution is 2.36. The molecule has 0 saturated carbocycles. The fourth-order valence-corrected chi connectivity index (χ4v) is 2.07. The van der Waals surface area contributed by atoms with Crippen molar-refractivity contribution in [1.82, 2.24) is 0 Å². The van der Waals surface area contributed by atoms with Crippen LogP contribution in [-0.2, 0) is 0 Å². The molecule has 0 atom stereocenters. The first-order chi connectivity index (χ1) is 8.00. The van der Waals surface area contributed by atoms with Crippen LogP contribution in [0.3, 0.4) is 0 Å². The summed E-state index contributed by atoms with van der Waals surface area (Å²) in [5.41, 5.74) is 4.97. The lowest BCUT2D eigenvalue weighted by Crippen LogP contribution is -1.90. The number of phenolic OH excluding ortho intramolecular Hbond substituents is 2. The molecule has 2 rings (SSSR count). The zero-order valence-corrected chi connectivity index (χ0v) is 10.3. The monoisotopic (exact) mass is 228 g/mol. The van der Waals surface area contributed by atoms with Gasteiger partial charge < -0.3 is 10.2 Å². The van der Waals surface area contributed by atoms with Crippen molar-refractivity contribution >= 4 is 0 Å². The van der Waals surface area contributed by atoms with Crippen LogP contribution >= 0.6 is 0 Å². The minimum absolute atomic E-state index is 0.246. The lowest BCUT2D eigenvalue weighted by atomic mass is 9.93. The second-order valence-corrected chi connectivity index (χ2v) is 4.40. The molecule has 0 radical (unpaired) electrons. The van der Waals surface area contributed by atoms with Gasteiger partial charge in [-0.1, -0.05) is 12.1 Å². The first-order valence-corrected chi connectivity index (χ1v) is 5.60. The van der Waals surface area contributed by atoms with Crippen LogP contribution in [0.2, 0.25) is 0 Å². The van der Waals surface area contributed by atoms with E-state index in [1.165, 1.54) is 0 Å². The summed E-state index contributed by atoms with van der Waals surface area (Å²) in [5, 5.41) is 19.4. The summed E-state index contributed by atoms with van der Waals surface area (Å²) in [6.07, 6.45) is 0. The van der Waals surface area contributed by atoms with Crippen LogP contribution in [-0.4, -0.2) is 10.2 Å². The predicted molar refractivity (Wildman–Crippen MR) is 69.4 cm³/mol. The average Bonchev–Trinajstić information content (AvgIpc) is 2.27. The van der Waals surface area contributed by atoms with Gasteiger partial charge in [0.1, 0.15) is 11.5 Å². The van der Waals surface area contributed by atoms with E-state index in [1.54, 1.807) is 18.2 Å². The van der Waals surface area contributed by atoms with Gasteiger partial charge in [-0.25, -0.2) is 0 Å². The van der Waals surface area contributed by atoms with Gasteiger partial charge in [-0.3, -0.25) is 0 Å². The molecule has 0 aliphatic heterocycles. The molecule has 0 unspecified atom stereocenters. The lowest BCUT2D eigenvalue weighted by Gasteiger charge is -2.13. The number of hydrogen-bond acceptors (Lipinski definition) is 2. The minimum Gasteiger partial charge on any atom is -0.508 e. The van der Waals surface area contributed by atoms with Gasteiger partial charge >= 0.3 is 0 Å². The van der Waals surface area contributed by atoms with Crippen LogP contribution in [0.1, 0.15) is 16.7 Å². The van der Waals surface area contributed by atoms with Gasteiger partial charge in [0.05, 0.1) is 0 Å². The molecule has 2 heteroatoms. The standard InChI is InChI=1S/C15H16O2/c1-9-4-7-14(17)15(11(9)3)13-6-5-12(16)8-10(13)2/h4-8,16-17H,1-3H3. The van der Waals surface area contributed by atoms with Gasteiger partial charge in [-0.2, -0.15) is 0 Å². The summed E-state index contributed by atoms with van der Waals surface area (Å²) in [4.78, 5) is 0. The quantitative estimate of drug-likeness (QED) is 0.781. The average molecular weight is 228 g/mol. The van der Waals surface area contributed by atoms with Crippen LogP contribution in [0.5, 0.6) is 11.5 Å². The first-order valence-electron chi connectivity index (χ1n) is 5.60. The third-order valence-corrected chi connectivity index (χ3v) is 3.19. The number of aryl methyl sites for hydroxylation is 2. The second kappa shape index (κ2) is 4.13. The number of hydrogen-bond donors (Lipinski definition) is 2. The minimum atomic E-state index is 0.246. The number of benzene rings is 2. The van der Waals surface area contributed by atoms with E-state index in [1.807, 2.05) is 32.9 Å². The van der Waals surface area contributed by atoms with Crippen LogP contribution < -0.4 is 0 Å². The van der Waals surface area contributed by atoms with Crippen molar-refractivity contribution in [2.75, 3.05) is 0 Å². The topological polar surface area (TPSA) is 40.5 Å². The van der Waals surface area contributed by atoms with Gasteiger partial charge in [0.15, 0.2) is 0 Å². The Morgan fingerprint density at radius 1 is 0.824 bits per heavy atom. The lowest BCUT2D eigenvalue weighted by molar-refractivity contribution is 0.473. The van der Waals surface area contributed by atoms with E-state index < -0.39 is 0 Å². The molecule has 0 fully saturated rings. The Labute approximate surface area is 101 Å². The van der Waals surface area contributed by atoms with Crippen molar-refractivity contribution in [3.05, 3.63) is 47.0 Å². The molecule has 0 saturated heterocycles. The molecule has 2 N–H and O–H groups in total. The molecule has 88 valence electrons. The maximum absolute atomic E-state index is 10.0. The van der Waals surface area contributed by atoms with Gasteiger partial charge in [0, 0.05) is 5.56 Å². The molecule has 0 heterocycles. The molecule has 0 spiro atoms. The van der Waals surface area contributed by atoms with Crippen molar-refractivity contribution in [2.24, 2.45) is 0 Å². The van der Waals surface area contributed by atoms with Crippen LogP contribution in [0, 0.1) is 20.8 Å². The Morgan fingerprint density at radius 2 is 1.53 bits per heavy atom. The summed E-state index contributed by atoms with van der Waals surface area (Å²) < 4.78 is 0. The maximum Gasteiger partial charge on any atom is 0.123 e. The van der Waals surface area contributed by atoms with E-state index in [-0.39, 0.29) is 11.5 Å². The van der Waals surface area contributed by atoms with Gasteiger partial charge in [-0.15, -0.1) is 0 Å². The summed E-state index contributed by atoms with van der Waals surface area (Å²) >= 11 is 0. The summed E-state index contributed by atoms with van der Waals surface area (Å²) in [6.45, 7) is 5.95. The highest BCUT2D eigenvalue weighted by molar-refractivity contribution is 5.77. The van der Waals surface area contributed by atoms with E-state index in [2.05, 4.69) is 0 Å². The van der Waals surface area contributed by atoms with E-state index in [0.717, 1.165) is 27.8 Å². The molecular formula is C15H16O2. The maximum atomic E-state index is 10.0. The second-order valence-electron chi connectivity index (χ2n) is 4.40. The Bertz CT molecular complexity index is 571. The SMILES string of the molecule is Cc1cc(O)ccc1-c1c(O)ccc(C)c1C. The number of rotatable bonds is 1. The van der Waals surface area contributed by atoms with Gasteiger partial charge in [-0.05, 0) is 61.2 Å². The zero-order valence-electron chi connectivity index (χ0n) is 10.3. The molecule has 2 aromatic rings. The van der Waals surface area contributed by atoms with E-state index in [9.17, 15) is 10.2 Å². The van der Waals surface area contributed by atoms with E-state index in [4.69, 9.17) is 0 Å². The van der Waals surface area contributed by atoms with Crippen LogP contribution in [0.25, 0.3) is 11.1 Å². The predicted octanol–water partition coefficient (Wildman–Crippen LogP) is 3.69.